The topological polar surface area (TPSA) is 136 Å². The van der Waals surface area contributed by atoms with Crippen LogP contribution < -0.4 is 10.6 Å². The number of carbonyl (C=O) groups excluding carboxylic acids is 2. The fourth-order valence-corrected chi connectivity index (χ4v) is 5.30. The van der Waals surface area contributed by atoms with Gasteiger partial charge in [-0.3, -0.25) is 24.1 Å². The smallest absolute Gasteiger partial charge is 0.303 e. The van der Waals surface area contributed by atoms with Gasteiger partial charge in [-0.1, -0.05) is 91.0 Å². The van der Waals surface area contributed by atoms with Crippen molar-refractivity contribution in [2.24, 2.45) is 0 Å². The predicted octanol–water partition coefficient (Wildman–Crippen LogP) is 4.41. The molecule has 9 nitrogen and oxygen atoms in total. The molecule has 0 atom stereocenters. The molecule has 0 heterocycles. The van der Waals surface area contributed by atoms with Gasteiger partial charge in [0.2, 0.25) is 11.8 Å². The summed E-state index contributed by atoms with van der Waals surface area (Å²) in [6.45, 7) is 2.16. The molecule has 3 rings (SSSR count). The average molecular weight is 588 g/mol. The molecule has 0 spiro atoms. The number of benzene rings is 3. The summed E-state index contributed by atoms with van der Waals surface area (Å²) in [4.78, 5) is 48.2. The third-order valence-corrected chi connectivity index (χ3v) is 7.28. The highest BCUT2D eigenvalue weighted by Crippen LogP contribution is 2.42. The van der Waals surface area contributed by atoms with E-state index in [2.05, 4.69) is 51.9 Å². The molecule has 0 radical (unpaired) electrons. The van der Waals surface area contributed by atoms with Gasteiger partial charge in [0.1, 0.15) is 0 Å². The number of carboxylic acid groups (broad SMARTS) is 2. The summed E-state index contributed by atoms with van der Waals surface area (Å²) in [5, 5.41) is 23.4. The van der Waals surface area contributed by atoms with Gasteiger partial charge in [0.25, 0.3) is 0 Å². The highest BCUT2D eigenvalue weighted by atomic mass is 16.4. The van der Waals surface area contributed by atoms with Crippen LogP contribution in [0, 0.1) is 0 Å². The van der Waals surface area contributed by atoms with Crippen molar-refractivity contribution in [1.82, 2.24) is 15.5 Å². The zero-order valence-electron chi connectivity index (χ0n) is 24.4. The Hall–Kier alpha value is -4.50. The van der Waals surface area contributed by atoms with Crippen LogP contribution in [-0.4, -0.2) is 65.0 Å². The molecule has 0 fully saturated rings. The van der Waals surface area contributed by atoms with Crippen LogP contribution in [0.25, 0.3) is 0 Å². The summed E-state index contributed by atoms with van der Waals surface area (Å²) in [6, 6.07) is 30.9. The summed E-state index contributed by atoms with van der Waals surface area (Å²) < 4.78 is 0. The lowest BCUT2D eigenvalue weighted by Gasteiger charge is -2.46. The van der Waals surface area contributed by atoms with Crippen LogP contribution in [0.2, 0.25) is 0 Å². The van der Waals surface area contributed by atoms with Gasteiger partial charge >= 0.3 is 11.9 Å². The number of nitrogens with zero attached hydrogens (tertiary/aromatic N) is 1. The van der Waals surface area contributed by atoms with Crippen LogP contribution in [0.1, 0.15) is 61.6 Å². The average Bonchev–Trinajstić information content (AvgIpc) is 3.02. The molecule has 9 heteroatoms. The fourth-order valence-electron chi connectivity index (χ4n) is 5.30. The van der Waals surface area contributed by atoms with Crippen molar-refractivity contribution in [2.75, 3.05) is 26.2 Å². The molecule has 228 valence electrons. The van der Waals surface area contributed by atoms with Gasteiger partial charge in [-0.2, -0.15) is 0 Å². The van der Waals surface area contributed by atoms with Crippen molar-refractivity contribution in [3.05, 3.63) is 108 Å². The van der Waals surface area contributed by atoms with Crippen molar-refractivity contribution in [1.29, 1.82) is 0 Å². The molecule has 2 amide bonds. The number of unbranched alkanes of at least 4 members (excludes halogenated alkanes) is 1. The fraction of sp³-hybridized carbons (Fsp3) is 0.353. The SMILES string of the molecule is O=C(O)CCC(=O)NCCCCN(CCCNC(=O)CCC(=O)O)C(c1ccccc1)(c1ccccc1)c1ccccc1. The lowest BCUT2D eigenvalue weighted by atomic mass is 9.75. The monoisotopic (exact) mass is 587 g/mol. The van der Waals surface area contributed by atoms with Gasteiger partial charge in [0, 0.05) is 32.5 Å². The first-order valence-corrected chi connectivity index (χ1v) is 14.7. The summed E-state index contributed by atoms with van der Waals surface area (Å²) in [5.74, 6) is -2.56. The molecule has 0 aliphatic carbocycles. The van der Waals surface area contributed by atoms with Gasteiger partial charge in [-0.05, 0) is 42.5 Å². The number of hydrogen-bond acceptors (Lipinski definition) is 5. The number of nitrogens with one attached hydrogen (secondary N) is 2. The quantitative estimate of drug-likeness (QED) is 0.120. The Bertz CT molecular complexity index is 1200. The van der Waals surface area contributed by atoms with E-state index in [1.54, 1.807) is 0 Å². The number of amides is 2. The first-order valence-electron chi connectivity index (χ1n) is 14.7. The maximum Gasteiger partial charge on any atom is 0.303 e. The van der Waals surface area contributed by atoms with Gasteiger partial charge in [0.05, 0.1) is 18.4 Å². The van der Waals surface area contributed by atoms with Gasteiger partial charge in [0.15, 0.2) is 0 Å². The second kappa shape index (κ2) is 17.5. The summed E-state index contributed by atoms with van der Waals surface area (Å²) in [6.07, 6.45) is 1.61. The van der Waals surface area contributed by atoms with Crippen molar-refractivity contribution in [3.8, 4) is 0 Å². The van der Waals surface area contributed by atoms with Crippen LogP contribution in [0.3, 0.4) is 0 Å². The van der Waals surface area contributed by atoms with E-state index in [4.69, 9.17) is 10.2 Å². The molecule has 0 aromatic heterocycles. The summed E-state index contributed by atoms with van der Waals surface area (Å²) in [5.41, 5.74) is 2.64. The van der Waals surface area contributed by atoms with Crippen molar-refractivity contribution in [3.63, 3.8) is 0 Å². The van der Waals surface area contributed by atoms with E-state index in [-0.39, 0.29) is 37.5 Å². The Kier molecular flexibility index (Phi) is 13.4. The molecule has 0 bridgehead atoms. The van der Waals surface area contributed by atoms with Crippen molar-refractivity contribution in [2.45, 2.75) is 50.5 Å². The second-order valence-electron chi connectivity index (χ2n) is 10.3. The molecular weight excluding hydrogens is 546 g/mol. The second-order valence-corrected chi connectivity index (χ2v) is 10.3. The first kappa shape index (κ1) is 33.0. The number of hydrogen-bond donors (Lipinski definition) is 4. The number of carbonyl (C=O) groups is 4. The number of rotatable bonds is 19. The Balaban J connectivity index is 1.88. The minimum absolute atomic E-state index is 0.0429. The minimum atomic E-state index is -1.00. The molecule has 0 saturated heterocycles. The molecule has 3 aromatic carbocycles. The largest absolute Gasteiger partial charge is 0.481 e. The van der Waals surface area contributed by atoms with E-state index in [1.807, 2.05) is 54.6 Å². The Morgan fingerprint density at radius 2 is 0.907 bits per heavy atom. The highest BCUT2D eigenvalue weighted by Gasteiger charge is 2.41. The van der Waals surface area contributed by atoms with E-state index in [9.17, 15) is 19.2 Å². The van der Waals surface area contributed by atoms with E-state index in [1.165, 1.54) is 0 Å². The van der Waals surface area contributed by atoms with E-state index in [0.717, 1.165) is 23.1 Å². The summed E-state index contributed by atoms with van der Waals surface area (Å²) >= 11 is 0. The van der Waals surface area contributed by atoms with Crippen molar-refractivity contribution >= 4 is 23.8 Å². The van der Waals surface area contributed by atoms with E-state index >= 15 is 0 Å². The molecule has 0 aliphatic heterocycles. The van der Waals surface area contributed by atoms with Crippen LogP contribution in [-0.2, 0) is 24.7 Å². The van der Waals surface area contributed by atoms with Gasteiger partial charge < -0.3 is 20.8 Å². The first-order chi connectivity index (χ1) is 20.8. The van der Waals surface area contributed by atoms with Crippen LogP contribution >= 0.6 is 0 Å². The Labute approximate surface area is 252 Å². The van der Waals surface area contributed by atoms with Crippen LogP contribution in [0.5, 0.6) is 0 Å². The summed E-state index contributed by atoms with van der Waals surface area (Å²) in [7, 11) is 0. The normalized spacial score (nSPS) is 11.2. The Morgan fingerprint density at radius 1 is 0.535 bits per heavy atom. The Morgan fingerprint density at radius 3 is 1.30 bits per heavy atom. The van der Waals surface area contributed by atoms with Crippen LogP contribution in [0.15, 0.2) is 91.0 Å². The third kappa shape index (κ3) is 10.1. The maximum absolute atomic E-state index is 12.2. The maximum atomic E-state index is 12.2. The lowest BCUT2D eigenvalue weighted by Crippen LogP contribution is -2.49. The molecule has 0 unspecified atom stereocenters. The molecule has 0 saturated carbocycles. The standard InChI is InChI=1S/C34H41N3O6/c38-30(19-21-32(40)41)35-23-10-11-25-37(26-12-24-36-31(39)20-22-33(42)43)34(27-13-4-1-5-14-27,28-15-6-2-7-16-28)29-17-8-3-9-18-29/h1-9,13-18H,10-12,19-26H2,(H,35,38)(H,36,39)(H,40,41)(H,42,43). The van der Waals surface area contributed by atoms with Crippen molar-refractivity contribution < 1.29 is 29.4 Å². The van der Waals surface area contributed by atoms with E-state index < -0.39 is 17.5 Å². The van der Waals surface area contributed by atoms with Crippen LogP contribution in [0.4, 0.5) is 0 Å². The molecule has 0 aliphatic rings. The molecule has 43 heavy (non-hydrogen) atoms. The zero-order valence-corrected chi connectivity index (χ0v) is 24.4. The molecular formula is C34H41N3O6. The number of carboxylic acids is 2. The zero-order chi connectivity index (χ0) is 30.9. The lowest BCUT2D eigenvalue weighted by molar-refractivity contribution is -0.139. The van der Waals surface area contributed by atoms with Gasteiger partial charge in [-0.25, -0.2) is 0 Å². The molecule has 4 N–H and O–H groups in total. The predicted molar refractivity (Wildman–Crippen MR) is 164 cm³/mol. The number of aliphatic carboxylic acids is 2. The highest BCUT2D eigenvalue weighted by molar-refractivity contribution is 5.81. The van der Waals surface area contributed by atoms with E-state index in [0.29, 0.717) is 39.0 Å². The third-order valence-electron chi connectivity index (χ3n) is 7.28. The van der Waals surface area contributed by atoms with Gasteiger partial charge in [-0.15, -0.1) is 0 Å². The minimum Gasteiger partial charge on any atom is -0.481 e. The molecule has 3 aromatic rings.